The van der Waals surface area contributed by atoms with Crippen LogP contribution in [0.5, 0.6) is 0 Å². The molecule has 2 heterocycles. The Morgan fingerprint density at radius 1 is 1.28 bits per heavy atom. The summed E-state index contributed by atoms with van der Waals surface area (Å²) in [5.41, 5.74) is 0. The fraction of sp³-hybridized carbons (Fsp3) is 0.733. The van der Waals surface area contributed by atoms with E-state index in [9.17, 15) is 0 Å². The summed E-state index contributed by atoms with van der Waals surface area (Å²) in [4.78, 5) is 4.08. The number of nitrogens with zero attached hydrogens (tertiary/aromatic N) is 1. The number of thiophene rings is 1. The standard InChI is InChI=1S/C15H26N2S/c1-12(2)15(14-7-6-10-18-14)16-11-13(3)17-8-4-5-9-17/h6-7,10,12-13,15-16H,4-5,8-9,11H2,1-3H3. The van der Waals surface area contributed by atoms with Crippen LogP contribution in [0.2, 0.25) is 0 Å². The zero-order valence-corrected chi connectivity index (χ0v) is 12.7. The Morgan fingerprint density at radius 3 is 2.56 bits per heavy atom. The van der Waals surface area contributed by atoms with E-state index in [-0.39, 0.29) is 0 Å². The highest BCUT2D eigenvalue weighted by atomic mass is 32.1. The first-order chi connectivity index (χ1) is 8.68. The predicted molar refractivity (Wildman–Crippen MR) is 80.2 cm³/mol. The summed E-state index contributed by atoms with van der Waals surface area (Å²) in [5.74, 6) is 0.648. The van der Waals surface area contributed by atoms with E-state index in [4.69, 9.17) is 0 Å². The van der Waals surface area contributed by atoms with E-state index in [1.165, 1.54) is 30.8 Å². The molecule has 2 unspecified atom stereocenters. The first-order valence-electron chi connectivity index (χ1n) is 7.19. The van der Waals surface area contributed by atoms with Crippen LogP contribution in [-0.4, -0.2) is 30.6 Å². The molecular formula is C15H26N2S. The lowest BCUT2D eigenvalue weighted by Gasteiger charge is -2.28. The van der Waals surface area contributed by atoms with E-state index in [1.54, 1.807) is 0 Å². The third kappa shape index (κ3) is 3.56. The Balaban J connectivity index is 1.86. The predicted octanol–water partition coefficient (Wildman–Crippen LogP) is 3.52. The van der Waals surface area contributed by atoms with Crippen molar-refractivity contribution >= 4 is 11.3 Å². The van der Waals surface area contributed by atoms with E-state index in [1.807, 2.05) is 11.3 Å². The van der Waals surface area contributed by atoms with Crippen molar-refractivity contribution < 1.29 is 0 Å². The van der Waals surface area contributed by atoms with E-state index >= 15 is 0 Å². The topological polar surface area (TPSA) is 15.3 Å². The van der Waals surface area contributed by atoms with Crippen molar-refractivity contribution in [2.24, 2.45) is 5.92 Å². The monoisotopic (exact) mass is 266 g/mol. The van der Waals surface area contributed by atoms with Gasteiger partial charge >= 0.3 is 0 Å². The van der Waals surface area contributed by atoms with Crippen LogP contribution in [0.3, 0.4) is 0 Å². The molecule has 2 atom stereocenters. The van der Waals surface area contributed by atoms with Crippen molar-refractivity contribution in [3.8, 4) is 0 Å². The molecule has 1 aromatic rings. The quantitative estimate of drug-likeness (QED) is 0.847. The number of hydrogen-bond acceptors (Lipinski definition) is 3. The summed E-state index contributed by atoms with van der Waals surface area (Å²) < 4.78 is 0. The smallest absolute Gasteiger partial charge is 0.0438 e. The first-order valence-corrected chi connectivity index (χ1v) is 8.07. The summed E-state index contributed by atoms with van der Waals surface area (Å²) in [5, 5.41) is 5.94. The summed E-state index contributed by atoms with van der Waals surface area (Å²) in [6, 6.07) is 5.58. The van der Waals surface area contributed by atoms with Crippen LogP contribution >= 0.6 is 11.3 Å². The van der Waals surface area contributed by atoms with E-state index in [2.05, 4.69) is 48.5 Å². The minimum atomic E-state index is 0.509. The van der Waals surface area contributed by atoms with Gasteiger partial charge < -0.3 is 5.32 Å². The third-order valence-electron chi connectivity index (χ3n) is 3.91. The highest BCUT2D eigenvalue weighted by Crippen LogP contribution is 2.25. The Bertz CT molecular complexity index is 328. The molecule has 0 spiro atoms. The maximum absolute atomic E-state index is 3.77. The van der Waals surface area contributed by atoms with Gasteiger partial charge in [0.05, 0.1) is 0 Å². The number of nitrogens with one attached hydrogen (secondary N) is 1. The van der Waals surface area contributed by atoms with Crippen LogP contribution in [-0.2, 0) is 0 Å². The summed E-state index contributed by atoms with van der Waals surface area (Å²) in [6.45, 7) is 10.6. The van der Waals surface area contributed by atoms with Crippen molar-refractivity contribution in [2.45, 2.75) is 45.7 Å². The van der Waals surface area contributed by atoms with Gasteiger partial charge in [-0.1, -0.05) is 19.9 Å². The minimum absolute atomic E-state index is 0.509. The molecule has 102 valence electrons. The van der Waals surface area contributed by atoms with Gasteiger partial charge in [0.15, 0.2) is 0 Å². The van der Waals surface area contributed by atoms with Crippen LogP contribution in [0.15, 0.2) is 17.5 Å². The van der Waals surface area contributed by atoms with Crippen LogP contribution < -0.4 is 5.32 Å². The van der Waals surface area contributed by atoms with Gasteiger partial charge in [-0.3, -0.25) is 4.90 Å². The van der Waals surface area contributed by atoms with Crippen LogP contribution in [0.4, 0.5) is 0 Å². The van der Waals surface area contributed by atoms with Crippen molar-refractivity contribution in [2.75, 3.05) is 19.6 Å². The van der Waals surface area contributed by atoms with E-state index in [0.29, 0.717) is 18.0 Å². The molecule has 2 nitrogen and oxygen atoms in total. The Morgan fingerprint density at radius 2 is 2.00 bits per heavy atom. The van der Waals surface area contributed by atoms with Crippen LogP contribution in [0.25, 0.3) is 0 Å². The number of likely N-dealkylation sites (tertiary alicyclic amines) is 1. The van der Waals surface area contributed by atoms with Gasteiger partial charge in [-0.15, -0.1) is 11.3 Å². The molecule has 0 radical (unpaired) electrons. The molecule has 0 aliphatic carbocycles. The zero-order valence-electron chi connectivity index (χ0n) is 11.9. The Hall–Kier alpha value is -0.380. The largest absolute Gasteiger partial charge is 0.307 e. The van der Waals surface area contributed by atoms with Crippen LogP contribution in [0.1, 0.15) is 44.5 Å². The van der Waals surface area contributed by atoms with E-state index in [0.717, 1.165) is 6.54 Å². The normalized spacial score (nSPS) is 20.4. The minimum Gasteiger partial charge on any atom is -0.307 e. The number of hydrogen-bond donors (Lipinski definition) is 1. The number of rotatable bonds is 6. The van der Waals surface area contributed by atoms with E-state index < -0.39 is 0 Å². The Labute approximate surface area is 115 Å². The zero-order chi connectivity index (χ0) is 13.0. The Kier molecular flexibility index (Phi) is 5.22. The molecule has 1 saturated heterocycles. The molecule has 0 saturated carbocycles. The lowest BCUT2D eigenvalue weighted by Crippen LogP contribution is -2.40. The van der Waals surface area contributed by atoms with Gasteiger partial charge in [-0.05, 0) is 50.2 Å². The second kappa shape index (κ2) is 6.69. The van der Waals surface area contributed by atoms with Crippen molar-refractivity contribution in [1.29, 1.82) is 0 Å². The molecule has 1 N–H and O–H groups in total. The third-order valence-corrected chi connectivity index (χ3v) is 4.87. The lowest BCUT2D eigenvalue weighted by atomic mass is 10.0. The highest BCUT2D eigenvalue weighted by molar-refractivity contribution is 7.10. The van der Waals surface area contributed by atoms with Crippen molar-refractivity contribution in [1.82, 2.24) is 10.2 Å². The average molecular weight is 266 g/mol. The first kappa shape index (κ1) is 14.0. The fourth-order valence-electron chi connectivity index (χ4n) is 2.74. The molecular weight excluding hydrogens is 240 g/mol. The van der Waals surface area contributed by atoms with Gasteiger partial charge in [-0.2, -0.15) is 0 Å². The molecule has 0 aromatic carbocycles. The van der Waals surface area contributed by atoms with Gasteiger partial charge in [-0.25, -0.2) is 0 Å². The van der Waals surface area contributed by atoms with Gasteiger partial charge in [0.25, 0.3) is 0 Å². The maximum atomic E-state index is 3.77. The summed E-state index contributed by atoms with van der Waals surface area (Å²) >= 11 is 1.87. The highest BCUT2D eigenvalue weighted by Gasteiger charge is 2.21. The molecule has 0 bridgehead atoms. The van der Waals surface area contributed by atoms with Gasteiger partial charge in [0.1, 0.15) is 0 Å². The van der Waals surface area contributed by atoms with Crippen molar-refractivity contribution in [3.05, 3.63) is 22.4 Å². The summed E-state index contributed by atoms with van der Waals surface area (Å²) in [6.07, 6.45) is 2.76. The second-order valence-corrected chi connectivity index (χ2v) is 6.72. The molecule has 3 heteroatoms. The molecule has 18 heavy (non-hydrogen) atoms. The molecule has 1 fully saturated rings. The van der Waals surface area contributed by atoms with Crippen molar-refractivity contribution in [3.63, 3.8) is 0 Å². The fourth-order valence-corrected chi connectivity index (χ4v) is 3.72. The maximum Gasteiger partial charge on any atom is 0.0438 e. The molecule has 0 amide bonds. The lowest BCUT2D eigenvalue weighted by molar-refractivity contribution is 0.239. The second-order valence-electron chi connectivity index (χ2n) is 5.74. The van der Waals surface area contributed by atoms with Crippen LogP contribution in [0, 0.1) is 5.92 Å². The molecule has 1 aliphatic rings. The average Bonchev–Trinajstić information content (AvgIpc) is 3.01. The van der Waals surface area contributed by atoms with Gasteiger partial charge in [0, 0.05) is 23.5 Å². The summed E-state index contributed by atoms with van der Waals surface area (Å²) in [7, 11) is 0. The molecule has 2 rings (SSSR count). The van der Waals surface area contributed by atoms with Gasteiger partial charge in [0.2, 0.25) is 0 Å². The SMILES string of the molecule is CC(C)C(NCC(C)N1CCCC1)c1cccs1. The molecule has 1 aliphatic heterocycles. The molecule has 1 aromatic heterocycles.